The van der Waals surface area contributed by atoms with Gasteiger partial charge in [-0.3, -0.25) is 4.79 Å². The van der Waals surface area contributed by atoms with Crippen LogP contribution >= 0.6 is 11.6 Å². The predicted molar refractivity (Wildman–Crippen MR) is 74.3 cm³/mol. The molecule has 0 aliphatic heterocycles. The number of rotatable bonds is 5. The van der Waals surface area contributed by atoms with Crippen LogP contribution in [0.4, 0.5) is 0 Å². The van der Waals surface area contributed by atoms with Crippen LogP contribution in [0.1, 0.15) is 26.3 Å². The maximum Gasteiger partial charge on any atom is 0.329 e. The van der Waals surface area contributed by atoms with E-state index in [1.54, 1.807) is 38.1 Å². The van der Waals surface area contributed by atoms with Gasteiger partial charge in [0.05, 0.1) is 0 Å². The summed E-state index contributed by atoms with van der Waals surface area (Å²) in [7, 11) is 0. The number of hydrogen-bond acceptors (Lipinski definition) is 2. The molecular weight excluding hydrogens is 266 g/mol. The van der Waals surface area contributed by atoms with Crippen molar-refractivity contribution < 1.29 is 14.7 Å². The lowest BCUT2D eigenvalue weighted by molar-refractivity contribution is -0.157. The molecule has 4 nitrogen and oxygen atoms in total. The van der Waals surface area contributed by atoms with Crippen molar-refractivity contribution in [3.8, 4) is 0 Å². The van der Waals surface area contributed by atoms with Gasteiger partial charge >= 0.3 is 5.97 Å². The van der Waals surface area contributed by atoms with Gasteiger partial charge in [0.15, 0.2) is 0 Å². The van der Waals surface area contributed by atoms with E-state index < -0.39 is 11.5 Å². The number of likely N-dealkylation sites (N-methyl/N-ethyl adjacent to an activating group) is 1. The minimum absolute atomic E-state index is 0.243. The van der Waals surface area contributed by atoms with E-state index in [0.29, 0.717) is 11.6 Å². The number of carbonyl (C=O) groups is 2. The summed E-state index contributed by atoms with van der Waals surface area (Å²) in [4.78, 5) is 24.6. The standard InChI is InChI=1S/C14H18ClNO3/c1-4-16(10(2)17)14(3,13(18)19)9-11-5-7-12(15)8-6-11/h5-8H,4,9H2,1-3H3,(H,18,19). The first-order chi connectivity index (χ1) is 8.81. The van der Waals surface area contributed by atoms with Crippen molar-refractivity contribution in [3.63, 3.8) is 0 Å². The Morgan fingerprint density at radius 2 is 1.84 bits per heavy atom. The summed E-state index contributed by atoms with van der Waals surface area (Å²) in [5.41, 5.74) is -0.428. The van der Waals surface area contributed by atoms with Crippen molar-refractivity contribution in [1.82, 2.24) is 4.90 Å². The van der Waals surface area contributed by atoms with E-state index in [4.69, 9.17) is 11.6 Å². The molecule has 1 amide bonds. The fourth-order valence-corrected chi connectivity index (χ4v) is 2.33. The molecule has 1 N–H and O–H groups in total. The Labute approximate surface area is 118 Å². The van der Waals surface area contributed by atoms with Gasteiger partial charge in [0.2, 0.25) is 5.91 Å². The zero-order valence-electron chi connectivity index (χ0n) is 11.3. The third-order valence-corrected chi connectivity index (χ3v) is 3.47. The fourth-order valence-electron chi connectivity index (χ4n) is 2.21. The SMILES string of the molecule is CCN(C(C)=O)C(C)(Cc1ccc(Cl)cc1)C(=O)O. The zero-order valence-corrected chi connectivity index (χ0v) is 12.1. The largest absolute Gasteiger partial charge is 0.479 e. The first-order valence-electron chi connectivity index (χ1n) is 6.07. The quantitative estimate of drug-likeness (QED) is 0.904. The van der Waals surface area contributed by atoms with E-state index in [9.17, 15) is 14.7 Å². The number of nitrogens with zero attached hydrogens (tertiary/aromatic N) is 1. The van der Waals surface area contributed by atoms with Crippen LogP contribution < -0.4 is 0 Å². The molecule has 0 heterocycles. The Morgan fingerprint density at radius 3 is 2.21 bits per heavy atom. The van der Waals surface area contributed by atoms with E-state index in [0.717, 1.165) is 5.56 Å². The lowest BCUT2D eigenvalue weighted by atomic mass is 9.90. The molecule has 0 aliphatic rings. The molecule has 0 radical (unpaired) electrons. The van der Waals surface area contributed by atoms with Crippen LogP contribution in [0.2, 0.25) is 5.02 Å². The fraction of sp³-hybridized carbons (Fsp3) is 0.429. The van der Waals surface area contributed by atoms with Crippen LogP contribution in [0.15, 0.2) is 24.3 Å². The highest BCUT2D eigenvalue weighted by Crippen LogP contribution is 2.23. The number of carbonyl (C=O) groups excluding carboxylic acids is 1. The smallest absolute Gasteiger partial charge is 0.329 e. The first kappa shape index (κ1) is 15.5. The molecule has 104 valence electrons. The second-order valence-corrected chi connectivity index (χ2v) is 5.08. The number of benzene rings is 1. The summed E-state index contributed by atoms with van der Waals surface area (Å²) in [6.45, 7) is 5.07. The van der Waals surface area contributed by atoms with E-state index in [2.05, 4.69) is 0 Å². The molecule has 1 rings (SSSR count). The second-order valence-electron chi connectivity index (χ2n) is 4.65. The van der Waals surface area contributed by atoms with Crippen LogP contribution in [-0.2, 0) is 16.0 Å². The average Bonchev–Trinajstić information content (AvgIpc) is 2.32. The molecule has 0 saturated heterocycles. The van der Waals surface area contributed by atoms with Crippen LogP contribution in [-0.4, -0.2) is 34.0 Å². The van der Waals surface area contributed by atoms with Gasteiger partial charge in [-0.1, -0.05) is 23.7 Å². The Bertz CT molecular complexity index is 472. The topological polar surface area (TPSA) is 57.6 Å². The van der Waals surface area contributed by atoms with E-state index in [1.165, 1.54) is 11.8 Å². The molecule has 5 heteroatoms. The molecule has 0 aromatic heterocycles. The highest BCUT2D eigenvalue weighted by Gasteiger charge is 2.40. The minimum Gasteiger partial charge on any atom is -0.479 e. The highest BCUT2D eigenvalue weighted by atomic mass is 35.5. The van der Waals surface area contributed by atoms with Gasteiger partial charge in [-0.15, -0.1) is 0 Å². The minimum atomic E-state index is -1.26. The maximum atomic E-state index is 11.6. The lowest BCUT2D eigenvalue weighted by Gasteiger charge is -2.36. The van der Waals surface area contributed by atoms with Crippen molar-refractivity contribution >= 4 is 23.5 Å². The molecule has 1 unspecified atom stereocenters. The molecule has 1 aromatic rings. The molecule has 0 fully saturated rings. The monoisotopic (exact) mass is 283 g/mol. The van der Waals surface area contributed by atoms with Crippen molar-refractivity contribution in [2.45, 2.75) is 32.7 Å². The summed E-state index contributed by atoms with van der Waals surface area (Å²) in [6.07, 6.45) is 0.243. The zero-order chi connectivity index (χ0) is 14.6. The van der Waals surface area contributed by atoms with E-state index in [-0.39, 0.29) is 12.3 Å². The van der Waals surface area contributed by atoms with E-state index >= 15 is 0 Å². The van der Waals surface area contributed by atoms with Gasteiger partial charge in [-0.2, -0.15) is 0 Å². The number of halogens is 1. The summed E-state index contributed by atoms with van der Waals surface area (Å²) in [6, 6.07) is 6.97. The average molecular weight is 284 g/mol. The second kappa shape index (κ2) is 6.06. The van der Waals surface area contributed by atoms with Crippen LogP contribution in [0.25, 0.3) is 0 Å². The van der Waals surface area contributed by atoms with Crippen LogP contribution in [0.3, 0.4) is 0 Å². The predicted octanol–water partition coefficient (Wildman–Crippen LogP) is 2.59. The number of aliphatic carboxylic acids is 1. The van der Waals surface area contributed by atoms with Gasteiger partial charge in [-0.05, 0) is 31.5 Å². The Hall–Kier alpha value is -1.55. The molecule has 0 saturated carbocycles. The molecule has 19 heavy (non-hydrogen) atoms. The van der Waals surface area contributed by atoms with Gasteiger partial charge in [0.25, 0.3) is 0 Å². The number of hydrogen-bond donors (Lipinski definition) is 1. The van der Waals surface area contributed by atoms with E-state index in [1.807, 2.05) is 0 Å². The summed E-state index contributed by atoms with van der Waals surface area (Å²) < 4.78 is 0. The first-order valence-corrected chi connectivity index (χ1v) is 6.45. The summed E-state index contributed by atoms with van der Waals surface area (Å²) in [5, 5.41) is 10.1. The van der Waals surface area contributed by atoms with Gasteiger partial charge in [0, 0.05) is 24.9 Å². The molecule has 1 aromatic carbocycles. The molecule has 0 aliphatic carbocycles. The summed E-state index contributed by atoms with van der Waals surface area (Å²) in [5.74, 6) is -1.26. The molecule has 0 bridgehead atoms. The van der Waals surface area contributed by atoms with Crippen LogP contribution in [0, 0.1) is 0 Å². The van der Waals surface area contributed by atoms with Gasteiger partial charge in [-0.25, -0.2) is 4.79 Å². The third-order valence-electron chi connectivity index (χ3n) is 3.21. The Morgan fingerprint density at radius 1 is 1.32 bits per heavy atom. The number of carboxylic acid groups (broad SMARTS) is 1. The number of carboxylic acids is 1. The maximum absolute atomic E-state index is 11.6. The Balaban J connectivity index is 3.09. The van der Waals surface area contributed by atoms with Crippen molar-refractivity contribution in [1.29, 1.82) is 0 Å². The van der Waals surface area contributed by atoms with Gasteiger partial charge < -0.3 is 10.0 Å². The highest BCUT2D eigenvalue weighted by molar-refractivity contribution is 6.30. The molecule has 1 atom stereocenters. The third kappa shape index (κ3) is 3.47. The van der Waals surface area contributed by atoms with Gasteiger partial charge in [0.1, 0.15) is 5.54 Å². The molecule has 0 spiro atoms. The van der Waals surface area contributed by atoms with Crippen molar-refractivity contribution in [2.75, 3.05) is 6.54 Å². The molecular formula is C14H18ClNO3. The Kier molecular flexibility index (Phi) is 4.95. The van der Waals surface area contributed by atoms with Crippen LogP contribution in [0.5, 0.6) is 0 Å². The number of amides is 1. The summed E-state index contributed by atoms with van der Waals surface area (Å²) >= 11 is 5.80. The lowest BCUT2D eigenvalue weighted by Crippen LogP contribution is -2.55. The normalized spacial score (nSPS) is 13.7. The van der Waals surface area contributed by atoms with Crippen molar-refractivity contribution in [3.05, 3.63) is 34.9 Å². The van der Waals surface area contributed by atoms with Crippen molar-refractivity contribution in [2.24, 2.45) is 0 Å².